The Morgan fingerprint density at radius 1 is 1.33 bits per heavy atom. The van der Waals surface area contributed by atoms with Crippen LogP contribution >= 0.6 is 0 Å². The van der Waals surface area contributed by atoms with Crippen molar-refractivity contribution in [2.75, 3.05) is 11.5 Å². The van der Waals surface area contributed by atoms with E-state index in [1.807, 2.05) is 29.7 Å². The van der Waals surface area contributed by atoms with Crippen molar-refractivity contribution in [3.63, 3.8) is 0 Å². The van der Waals surface area contributed by atoms with Crippen LogP contribution in [-0.2, 0) is 15.3 Å². The SMILES string of the molecule is CC1(c2c(C(N)=O)nc3ccccn23)CCS(=O)(=O)CC1. The van der Waals surface area contributed by atoms with Gasteiger partial charge in [0.05, 0.1) is 17.2 Å². The van der Waals surface area contributed by atoms with E-state index in [0.29, 0.717) is 18.5 Å². The number of rotatable bonds is 2. The summed E-state index contributed by atoms with van der Waals surface area (Å²) in [7, 11) is -2.98. The first kappa shape index (κ1) is 14.1. The van der Waals surface area contributed by atoms with Gasteiger partial charge in [-0.1, -0.05) is 13.0 Å². The summed E-state index contributed by atoms with van der Waals surface area (Å²) in [4.78, 5) is 16.0. The van der Waals surface area contributed by atoms with Gasteiger partial charge < -0.3 is 10.1 Å². The molecule has 0 radical (unpaired) electrons. The normalized spacial score (nSPS) is 20.4. The summed E-state index contributed by atoms with van der Waals surface area (Å²) in [5.41, 5.74) is 6.65. The van der Waals surface area contributed by atoms with E-state index in [4.69, 9.17) is 5.73 Å². The van der Waals surface area contributed by atoms with Gasteiger partial charge in [-0.3, -0.25) is 4.79 Å². The number of imidazole rings is 1. The molecule has 0 aromatic carbocycles. The Balaban J connectivity index is 2.19. The van der Waals surface area contributed by atoms with E-state index < -0.39 is 21.2 Å². The fourth-order valence-electron chi connectivity index (χ4n) is 2.97. The Morgan fingerprint density at radius 3 is 2.62 bits per heavy atom. The minimum Gasteiger partial charge on any atom is -0.364 e. The maximum absolute atomic E-state index is 11.7. The summed E-state index contributed by atoms with van der Waals surface area (Å²) < 4.78 is 25.2. The third kappa shape index (κ3) is 2.31. The number of nitrogens with two attached hydrogens (primary N) is 1. The van der Waals surface area contributed by atoms with Crippen LogP contribution in [0.4, 0.5) is 0 Å². The van der Waals surface area contributed by atoms with Crippen LogP contribution in [0, 0.1) is 0 Å². The molecule has 0 bridgehead atoms. The first-order chi connectivity index (χ1) is 9.82. The largest absolute Gasteiger partial charge is 0.364 e. The Hall–Kier alpha value is -1.89. The predicted octanol–water partition coefficient (Wildman–Crippen LogP) is 0.899. The van der Waals surface area contributed by atoms with Gasteiger partial charge in [-0.15, -0.1) is 0 Å². The Labute approximate surface area is 122 Å². The average Bonchev–Trinajstić information content (AvgIpc) is 2.83. The number of nitrogens with zero attached hydrogens (tertiary/aromatic N) is 2. The molecule has 1 fully saturated rings. The molecule has 1 aliphatic rings. The Bertz CT molecular complexity index is 809. The van der Waals surface area contributed by atoms with Crippen molar-refractivity contribution in [2.45, 2.75) is 25.2 Å². The van der Waals surface area contributed by atoms with Gasteiger partial charge in [0, 0.05) is 11.6 Å². The van der Waals surface area contributed by atoms with Crippen molar-refractivity contribution >= 4 is 21.4 Å². The van der Waals surface area contributed by atoms with Gasteiger partial charge in [0.2, 0.25) is 0 Å². The molecule has 1 saturated heterocycles. The number of primary amides is 1. The molecule has 0 atom stereocenters. The summed E-state index contributed by atoms with van der Waals surface area (Å²) in [6.45, 7) is 1.98. The summed E-state index contributed by atoms with van der Waals surface area (Å²) >= 11 is 0. The smallest absolute Gasteiger partial charge is 0.269 e. The Morgan fingerprint density at radius 2 is 2.00 bits per heavy atom. The van der Waals surface area contributed by atoms with Crippen LogP contribution in [0.3, 0.4) is 0 Å². The second-order valence-corrected chi connectivity index (χ2v) is 8.12. The highest BCUT2D eigenvalue weighted by molar-refractivity contribution is 7.91. The summed E-state index contributed by atoms with van der Waals surface area (Å²) in [6, 6.07) is 5.50. The second kappa shape index (κ2) is 4.56. The fraction of sp³-hybridized carbons (Fsp3) is 0.429. The lowest BCUT2D eigenvalue weighted by molar-refractivity contribution is 0.0993. The van der Waals surface area contributed by atoms with E-state index in [2.05, 4.69) is 4.98 Å². The minimum atomic E-state index is -2.98. The van der Waals surface area contributed by atoms with Crippen LogP contribution in [0.2, 0.25) is 0 Å². The molecule has 21 heavy (non-hydrogen) atoms. The van der Waals surface area contributed by atoms with Gasteiger partial charge in [0.1, 0.15) is 15.5 Å². The van der Waals surface area contributed by atoms with Crippen molar-refractivity contribution in [2.24, 2.45) is 5.73 Å². The van der Waals surface area contributed by atoms with E-state index in [9.17, 15) is 13.2 Å². The third-order valence-corrected chi connectivity index (χ3v) is 5.92. The van der Waals surface area contributed by atoms with Crippen molar-refractivity contribution in [1.29, 1.82) is 0 Å². The van der Waals surface area contributed by atoms with Crippen molar-refractivity contribution in [3.05, 3.63) is 35.8 Å². The van der Waals surface area contributed by atoms with E-state index >= 15 is 0 Å². The Kier molecular flexibility index (Phi) is 3.05. The molecular formula is C14H17N3O3S. The molecule has 1 aliphatic heterocycles. The molecular weight excluding hydrogens is 290 g/mol. The summed E-state index contributed by atoms with van der Waals surface area (Å²) in [5.74, 6) is -0.327. The lowest BCUT2D eigenvalue weighted by atomic mass is 9.79. The number of hydrogen-bond donors (Lipinski definition) is 1. The van der Waals surface area contributed by atoms with Crippen LogP contribution in [-0.4, -0.2) is 35.2 Å². The predicted molar refractivity (Wildman–Crippen MR) is 78.9 cm³/mol. The van der Waals surface area contributed by atoms with Crippen molar-refractivity contribution in [1.82, 2.24) is 9.38 Å². The first-order valence-corrected chi connectivity index (χ1v) is 8.62. The zero-order valence-corrected chi connectivity index (χ0v) is 12.6. The molecule has 112 valence electrons. The van der Waals surface area contributed by atoms with Gasteiger partial charge in [-0.25, -0.2) is 13.4 Å². The highest BCUT2D eigenvalue weighted by atomic mass is 32.2. The fourth-order valence-corrected chi connectivity index (χ4v) is 4.70. The zero-order chi connectivity index (χ0) is 15.3. The topological polar surface area (TPSA) is 94.5 Å². The number of aromatic nitrogens is 2. The summed E-state index contributed by atoms with van der Waals surface area (Å²) in [6.07, 6.45) is 2.77. The van der Waals surface area contributed by atoms with E-state index in [0.717, 1.165) is 5.69 Å². The minimum absolute atomic E-state index is 0.127. The van der Waals surface area contributed by atoms with Gasteiger partial charge in [0.15, 0.2) is 5.69 Å². The molecule has 1 amide bonds. The number of fused-ring (bicyclic) bond motifs is 1. The van der Waals surface area contributed by atoms with Crippen LogP contribution < -0.4 is 5.73 Å². The molecule has 0 saturated carbocycles. The summed E-state index contributed by atoms with van der Waals surface area (Å²) in [5, 5.41) is 0. The van der Waals surface area contributed by atoms with E-state index in [1.54, 1.807) is 6.07 Å². The number of hydrogen-bond acceptors (Lipinski definition) is 4. The second-order valence-electron chi connectivity index (χ2n) is 5.81. The molecule has 0 spiro atoms. The number of pyridine rings is 1. The van der Waals surface area contributed by atoms with Gasteiger partial charge in [-0.05, 0) is 25.0 Å². The first-order valence-electron chi connectivity index (χ1n) is 6.80. The lowest BCUT2D eigenvalue weighted by Gasteiger charge is -2.33. The van der Waals surface area contributed by atoms with E-state index in [-0.39, 0.29) is 17.2 Å². The van der Waals surface area contributed by atoms with Gasteiger partial charge in [0.25, 0.3) is 5.91 Å². The third-order valence-electron chi connectivity index (χ3n) is 4.26. The maximum Gasteiger partial charge on any atom is 0.269 e. The molecule has 7 heteroatoms. The quantitative estimate of drug-likeness (QED) is 0.891. The molecule has 2 N–H and O–H groups in total. The van der Waals surface area contributed by atoms with Crippen LogP contribution in [0.15, 0.2) is 24.4 Å². The molecule has 0 unspecified atom stereocenters. The highest BCUT2D eigenvalue weighted by Crippen LogP contribution is 2.38. The van der Waals surface area contributed by atoms with Crippen LogP contribution in [0.5, 0.6) is 0 Å². The van der Waals surface area contributed by atoms with Crippen LogP contribution in [0.25, 0.3) is 5.65 Å². The molecule has 6 nitrogen and oxygen atoms in total. The van der Waals surface area contributed by atoms with Crippen LogP contribution in [0.1, 0.15) is 35.9 Å². The number of sulfone groups is 1. The molecule has 3 heterocycles. The lowest BCUT2D eigenvalue weighted by Crippen LogP contribution is -2.37. The number of amides is 1. The highest BCUT2D eigenvalue weighted by Gasteiger charge is 2.39. The molecule has 2 aromatic heterocycles. The number of carbonyl (C=O) groups excluding carboxylic acids is 1. The number of carbonyl (C=O) groups is 1. The molecule has 2 aromatic rings. The molecule has 0 aliphatic carbocycles. The maximum atomic E-state index is 11.7. The van der Waals surface area contributed by atoms with Gasteiger partial charge >= 0.3 is 0 Å². The average molecular weight is 307 g/mol. The zero-order valence-electron chi connectivity index (χ0n) is 11.7. The van der Waals surface area contributed by atoms with E-state index in [1.165, 1.54) is 0 Å². The standard InChI is InChI=1S/C14H17N3O3S/c1-14(5-8-21(19,20)9-6-14)12-11(13(15)18)16-10-4-2-3-7-17(10)12/h2-4,7H,5-6,8-9H2,1H3,(H2,15,18). The molecule has 3 rings (SSSR count). The van der Waals surface area contributed by atoms with Gasteiger partial charge in [-0.2, -0.15) is 0 Å². The monoisotopic (exact) mass is 307 g/mol. The van der Waals surface area contributed by atoms with Crippen molar-refractivity contribution < 1.29 is 13.2 Å². The van der Waals surface area contributed by atoms with Crippen molar-refractivity contribution in [3.8, 4) is 0 Å².